The molecule has 1 heterocycles. The first-order valence-corrected chi connectivity index (χ1v) is 8.58. The van der Waals surface area contributed by atoms with Crippen molar-refractivity contribution in [1.82, 2.24) is 8.96 Å². The summed E-state index contributed by atoms with van der Waals surface area (Å²) in [7, 11) is -2.66. The SMILES string of the molecule is COc1cc(S(=O)(=O)n2cc(C)nc2-c2ccccc2)ccc1F. The van der Waals surface area contributed by atoms with E-state index in [2.05, 4.69) is 4.98 Å². The van der Waals surface area contributed by atoms with E-state index in [1.54, 1.807) is 31.2 Å². The predicted molar refractivity (Wildman–Crippen MR) is 87.9 cm³/mol. The standard InChI is InChI=1S/C17H15FN2O3S/c1-12-11-20(17(19-12)13-6-4-3-5-7-13)24(21,22)14-8-9-15(18)16(10-14)23-2/h3-11H,1-2H3. The topological polar surface area (TPSA) is 61.2 Å². The maximum atomic E-state index is 13.6. The number of imidazole rings is 1. The first-order valence-electron chi connectivity index (χ1n) is 7.14. The lowest BCUT2D eigenvalue weighted by Gasteiger charge is -2.11. The van der Waals surface area contributed by atoms with Gasteiger partial charge in [0.25, 0.3) is 10.0 Å². The molecule has 7 heteroatoms. The summed E-state index contributed by atoms with van der Waals surface area (Å²) in [4.78, 5) is 4.24. The number of methoxy groups -OCH3 is 1. The minimum atomic E-state index is -3.94. The van der Waals surface area contributed by atoms with Crippen LogP contribution in [0, 0.1) is 12.7 Å². The summed E-state index contributed by atoms with van der Waals surface area (Å²) in [5, 5.41) is 0. The van der Waals surface area contributed by atoms with E-state index in [0.717, 1.165) is 16.1 Å². The van der Waals surface area contributed by atoms with Crippen molar-refractivity contribution in [2.45, 2.75) is 11.8 Å². The van der Waals surface area contributed by atoms with E-state index >= 15 is 0 Å². The Kier molecular flexibility index (Phi) is 4.11. The monoisotopic (exact) mass is 346 g/mol. The molecule has 0 aliphatic rings. The van der Waals surface area contributed by atoms with Crippen LogP contribution < -0.4 is 4.74 Å². The Morgan fingerprint density at radius 3 is 2.50 bits per heavy atom. The van der Waals surface area contributed by atoms with Gasteiger partial charge in [-0.05, 0) is 19.1 Å². The molecule has 3 rings (SSSR count). The van der Waals surface area contributed by atoms with Gasteiger partial charge in [-0.2, -0.15) is 0 Å². The summed E-state index contributed by atoms with van der Waals surface area (Å²) in [6.45, 7) is 1.71. The van der Waals surface area contributed by atoms with Crippen LogP contribution in [0.4, 0.5) is 4.39 Å². The first kappa shape index (κ1) is 16.2. The average molecular weight is 346 g/mol. The third-order valence-corrected chi connectivity index (χ3v) is 5.15. The van der Waals surface area contributed by atoms with Gasteiger partial charge in [-0.3, -0.25) is 0 Å². The van der Waals surface area contributed by atoms with Crippen molar-refractivity contribution in [3.05, 3.63) is 66.2 Å². The third-order valence-electron chi connectivity index (χ3n) is 3.51. The van der Waals surface area contributed by atoms with Gasteiger partial charge in [0.05, 0.1) is 17.7 Å². The van der Waals surface area contributed by atoms with Crippen LogP contribution in [0.5, 0.6) is 5.75 Å². The minimum absolute atomic E-state index is 0.0738. The molecule has 0 fully saturated rings. The summed E-state index contributed by atoms with van der Waals surface area (Å²) in [6.07, 6.45) is 1.44. The number of hydrogen-bond acceptors (Lipinski definition) is 4. The van der Waals surface area contributed by atoms with E-state index in [4.69, 9.17) is 4.74 Å². The van der Waals surface area contributed by atoms with E-state index in [1.165, 1.54) is 19.4 Å². The zero-order valence-electron chi connectivity index (χ0n) is 13.1. The van der Waals surface area contributed by atoms with Crippen LogP contribution in [-0.2, 0) is 10.0 Å². The average Bonchev–Trinajstić information content (AvgIpc) is 2.98. The van der Waals surface area contributed by atoms with Crippen LogP contribution in [-0.4, -0.2) is 24.5 Å². The van der Waals surface area contributed by atoms with Crippen molar-refractivity contribution < 1.29 is 17.5 Å². The Morgan fingerprint density at radius 2 is 1.83 bits per heavy atom. The molecule has 3 aromatic rings. The van der Waals surface area contributed by atoms with Crippen molar-refractivity contribution in [3.63, 3.8) is 0 Å². The molecule has 0 unspecified atom stereocenters. The van der Waals surface area contributed by atoms with Crippen LogP contribution in [0.3, 0.4) is 0 Å². The summed E-state index contributed by atoms with van der Waals surface area (Å²) in [6, 6.07) is 12.4. The molecule has 1 aromatic heterocycles. The van der Waals surface area contributed by atoms with Gasteiger partial charge < -0.3 is 4.74 Å². The molecule has 2 aromatic carbocycles. The Bertz CT molecular complexity index is 982. The van der Waals surface area contributed by atoms with Gasteiger partial charge in [-0.15, -0.1) is 0 Å². The lowest BCUT2D eigenvalue weighted by Crippen LogP contribution is -2.14. The zero-order valence-corrected chi connectivity index (χ0v) is 13.9. The molecule has 0 aliphatic heterocycles. The van der Waals surface area contributed by atoms with E-state index in [-0.39, 0.29) is 10.6 Å². The van der Waals surface area contributed by atoms with Crippen molar-refractivity contribution >= 4 is 10.0 Å². The second-order valence-electron chi connectivity index (χ2n) is 5.17. The zero-order chi connectivity index (χ0) is 17.3. The maximum Gasteiger partial charge on any atom is 0.269 e. The molecule has 0 aliphatic carbocycles. The number of halogens is 1. The second-order valence-corrected chi connectivity index (χ2v) is 6.98. The molecule has 24 heavy (non-hydrogen) atoms. The number of aromatic nitrogens is 2. The van der Waals surface area contributed by atoms with Crippen LogP contribution in [0.15, 0.2) is 59.6 Å². The number of rotatable bonds is 4. The van der Waals surface area contributed by atoms with Gasteiger partial charge in [0.1, 0.15) is 0 Å². The highest BCUT2D eigenvalue weighted by Crippen LogP contribution is 2.27. The van der Waals surface area contributed by atoms with Crippen LogP contribution in [0.25, 0.3) is 11.4 Å². The van der Waals surface area contributed by atoms with Crippen molar-refractivity contribution in [3.8, 4) is 17.1 Å². The van der Waals surface area contributed by atoms with Gasteiger partial charge in [0.15, 0.2) is 17.4 Å². The Labute approximate surface area is 139 Å². The Balaban J connectivity index is 2.18. The molecule has 0 spiro atoms. The van der Waals surface area contributed by atoms with Crippen molar-refractivity contribution in [1.29, 1.82) is 0 Å². The Hall–Kier alpha value is -2.67. The molecule has 124 valence electrons. The van der Waals surface area contributed by atoms with Crippen molar-refractivity contribution in [2.75, 3.05) is 7.11 Å². The molecule has 0 atom stereocenters. The molecule has 0 saturated carbocycles. The molecule has 0 bridgehead atoms. The summed E-state index contributed by atoms with van der Waals surface area (Å²) < 4.78 is 45.5. The normalized spacial score (nSPS) is 11.5. The fourth-order valence-corrected chi connectivity index (χ4v) is 3.74. The molecule has 5 nitrogen and oxygen atoms in total. The van der Waals surface area contributed by atoms with Crippen LogP contribution in [0.1, 0.15) is 5.69 Å². The van der Waals surface area contributed by atoms with Crippen molar-refractivity contribution in [2.24, 2.45) is 0 Å². The molecule has 0 amide bonds. The third kappa shape index (κ3) is 2.78. The fraction of sp³-hybridized carbons (Fsp3) is 0.118. The number of aryl methyl sites for hydroxylation is 1. The lowest BCUT2D eigenvalue weighted by atomic mass is 10.2. The largest absolute Gasteiger partial charge is 0.494 e. The molecule has 0 N–H and O–H groups in total. The van der Waals surface area contributed by atoms with E-state index in [1.807, 2.05) is 6.07 Å². The number of ether oxygens (including phenoxy) is 1. The summed E-state index contributed by atoms with van der Waals surface area (Å²) >= 11 is 0. The van der Waals surface area contributed by atoms with Crippen LogP contribution in [0.2, 0.25) is 0 Å². The highest BCUT2D eigenvalue weighted by Gasteiger charge is 2.23. The quantitative estimate of drug-likeness (QED) is 0.728. The number of benzene rings is 2. The maximum absolute atomic E-state index is 13.6. The van der Waals surface area contributed by atoms with E-state index < -0.39 is 15.8 Å². The summed E-state index contributed by atoms with van der Waals surface area (Å²) in [5.41, 5.74) is 1.23. The molecular formula is C17H15FN2O3S. The van der Waals surface area contributed by atoms with E-state index in [9.17, 15) is 12.8 Å². The fourth-order valence-electron chi connectivity index (χ4n) is 2.35. The highest BCUT2D eigenvalue weighted by molar-refractivity contribution is 7.90. The highest BCUT2D eigenvalue weighted by atomic mass is 32.2. The summed E-state index contributed by atoms with van der Waals surface area (Å²) in [5.74, 6) is -0.452. The van der Waals surface area contributed by atoms with Gasteiger partial charge in [-0.25, -0.2) is 21.8 Å². The van der Waals surface area contributed by atoms with Gasteiger partial charge in [0, 0.05) is 17.8 Å². The molecule has 0 saturated heterocycles. The second kappa shape index (κ2) is 6.09. The number of nitrogens with zero attached hydrogens (tertiary/aromatic N) is 2. The van der Waals surface area contributed by atoms with Gasteiger partial charge >= 0.3 is 0 Å². The van der Waals surface area contributed by atoms with E-state index in [0.29, 0.717) is 17.1 Å². The predicted octanol–water partition coefficient (Wildman–Crippen LogP) is 3.24. The minimum Gasteiger partial charge on any atom is -0.494 e. The van der Waals surface area contributed by atoms with Gasteiger partial charge in [0.2, 0.25) is 0 Å². The first-order chi connectivity index (χ1) is 11.4. The van der Waals surface area contributed by atoms with Crippen LogP contribution >= 0.6 is 0 Å². The smallest absolute Gasteiger partial charge is 0.269 e. The molecular weight excluding hydrogens is 331 g/mol. The number of hydrogen-bond donors (Lipinski definition) is 0. The lowest BCUT2D eigenvalue weighted by molar-refractivity contribution is 0.385. The molecule has 0 radical (unpaired) electrons. The Morgan fingerprint density at radius 1 is 1.12 bits per heavy atom. The van der Waals surface area contributed by atoms with Gasteiger partial charge in [-0.1, -0.05) is 30.3 Å².